The average molecular weight is 268 g/mol. The number of carboxylic acids is 1. The van der Waals surface area contributed by atoms with Gasteiger partial charge in [-0.2, -0.15) is 0 Å². The van der Waals surface area contributed by atoms with Crippen LogP contribution in [0.1, 0.15) is 24.0 Å². The van der Waals surface area contributed by atoms with Crippen LogP contribution in [0.25, 0.3) is 0 Å². The minimum atomic E-state index is -0.677. The van der Waals surface area contributed by atoms with E-state index < -0.39 is 11.4 Å². The van der Waals surface area contributed by atoms with E-state index in [1.165, 1.54) is 10.5 Å². The third-order valence-corrected chi connectivity index (χ3v) is 5.05. The molecule has 0 bridgehead atoms. The summed E-state index contributed by atoms with van der Waals surface area (Å²) in [5.41, 5.74) is 1.63. The van der Waals surface area contributed by atoms with Gasteiger partial charge in [0.05, 0.1) is 5.41 Å². The van der Waals surface area contributed by atoms with Gasteiger partial charge in [0.2, 0.25) is 0 Å². The Balaban J connectivity index is 2.56. The van der Waals surface area contributed by atoms with E-state index in [0.717, 1.165) is 23.3 Å². The van der Waals surface area contributed by atoms with Crippen molar-refractivity contribution in [3.05, 3.63) is 23.3 Å². The molecule has 0 amide bonds. The highest BCUT2D eigenvalue weighted by Gasteiger charge is 2.53. The van der Waals surface area contributed by atoms with Crippen LogP contribution in [0.4, 0.5) is 0 Å². The average Bonchev–Trinajstić information content (AvgIpc) is 3.09. The molecule has 0 radical (unpaired) electrons. The summed E-state index contributed by atoms with van der Waals surface area (Å²) in [5, 5.41) is 9.39. The zero-order chi connectivity index (χ0) is 12.6. The molecule has 0 unspecified atom stereocenters. The SMILES string of the molecule is CSc1cc(C2(C(=O)O)CC2)c(SC)cc1C. The van der Waals surface area contributed by atoms with E-state index in [0.29, 0.717) is 0 Å². The van der Waals surface area contributed by atoms with Crippen LogP contribution in [0.2, 0.25) is 0 Å². The van der Waals surface area contributed by atoms with Crippen molar-refractivity contribution in [1.82, 2.24) is 0 Å². The quantitative estimate of drug-likeness (QED) is 0.847. The third kappa shape index (κ3) is 2.08. The van der Waals surface area contributed by atoms with Crippen LogP contribution >= 0.6 is 23.5 Å². The molecule has 1 aromatic carbocycles. The van der Waals surface area contributed by atoms with Crippen molar-refractivity contribution in [2.75, 3.05) is 12.5 Å². The van der Waals surface area contributed by atoms with E-state index >= 15 is 0 Å². The number of thioether (sulfide) groups is 2. The predicted molar refractivity (Wildman–Crippen MR) is 73.3 cm³/mol. The Kier molecular flexibility index (Phi) is 3.46. The van der Waals surface area contributed by atoms with Crippen LogP contribution in [-0.2, 0) is 10.2 Å². The van der Waals surface area contributed by atoms with Crippen molar-refractivity contribution in [2.45, 2.75) is 35.0 Å². The third-order valence-electron chi connectivity index (χ3n) is 3.39. The molecule has 4 heteroatoms. The standard InChI is InChI=1S/C13H16O2S2/c1-8-6-11(17-3)9(7-10(8)16-2)13(4-5-13)12(14)15/h6-7H,4-5H2,1-3H3,(H,14,15). The molecule has 2 nitrogen and oxygen atoms in total. The topological polar surface area (TPSA) is 37.3 Å². The summed E-state index contributed by atoms with van der Waals surface area (Å²) in [4.78, 5) is 13.7. The number of hydrogen-bond acceptors (Lipinski definition) is 3. The molecule has 1 fully saturated rings. The van der Waals surface area contributed by atoms with E-state index in [2.05, 4.69) is 19.1 Å². The van der Waals surface area contributed by atoms with E-state index in [9.17, 15) is 9.90 Å². The van der Waals surface area contributed by atoms with Gasteiger partial charge in [0, 0.05) is 9.79 Å². The number of carboxylic acid groups (broad SMARTS) is 1. The predicted octanol–water partition coefficient (Wildman–Crippen LogP) is 3.56. The van der Waals surface area contributed by atoms with Gasteiger partial charge in [-0.1, -0.05) is 0 Å². The van der Waals surface area contributed by atoms with Crippen molar-refractivity contribution in [3.63, 3.8) is 0 Å². The number of benzene rings is 1. The van der Waals surface area contributed by atoms with Gasteiger partial charge in [-0.3, -0.25) is 4.79 Å². The second kappa shape index (κ2) is 4.58. The fraction of sp³-hybridized carbons (Fsp3) is 0.462. The van der Waals surface area contributed by atoms with Gasteiger partial charge in [0.15, 0.2) is 0 Å². The number of aryl methyl sites for hydroxylation is 1. The molecular weight excluding hydrogens is 252 g/mol. The van der Waals surface area contributed by atoms with Crippen molar-refractivity contribution >= 4 is 29.5 Å². The molecule has 0 heterocycles. The Hall–Kier alpha value is -0.610. The molecule has 1 aliphatic carbocycles. The zero-order valence-electron chi connectivity index (χ0n) is 10.2. The molecule has 0 saturated heterocycles. The summed E-state index contributed by atoms with van der Waals surface area (Å²) in [7, 11) is 0. The molecule has 1 saturated carbocycles. The Labute approximate surface area is 110 Å². The van der Waals surface area contributed by atoms with Gasteiger partial charge >= 0.3 is 5.97 Å². The molecule has 0 aromatic heterocycles. The van der Waals surface area contributed by atoms with E-state index in [4.69, 9.17) is 0 Å². The van der Waals surface area contributed by atoms with Crippen LogP contribution in [0.5, 0.6) is 0 Å². The van der Waals surface area contributed by atoms with Crippen molar-refractivity contribution in [2.24, 2.45) is 0 Å². The van der Waals surface area contributed by atoms with Crippen LogP contribution in [0.3, 0.4) is 0 Å². The van der Waals surface area contributed by atoms with Crippen LogP contribution in [0.15, 0.2) is 21.9 Å². The highest BCUT2D eigenvalue weighted by molar-refractivity contribution is 7.99. The van der Waals surface area contributed by atoms with Gasteiger partial charge in [0.25, 0.3) is 0 Å². The lowest BCUT2D eigenvalue weighted by atomic mass is 9.95. The molecule has 92 valence electrons. The number of carbonyl (C=O) groups is 1. The first-order valence-corrected chi connectivity index (χ1v) is 7.96. The second-order valence-corrected chi connectivity index (χ2v) is 6.11. The minimum Gasteiger partial charge on any atom is -0.481 e. The van der Waals surface area contributed by atoms with E-state index in [1.807, 2.05) is 12.5 Å². The summed E-state index contributed by atoms with van der Waals surface area (Å²) < 4.78 is 0. The van der Waals surface area contributed by atoms with Crippen molar-refractivity contribution in [1.29, 1.82) is 0 Å². The Bertz CT molecular complexity index is 465. The first-order chi connectivity index (χ1) is 8.05. The number of rotatable bonds is 4. The summed E-state index contributed by atoms with van der Waals surface area (Å²) in [6, 6.07) is 4.20. The first kappa shape index (κ1) is 12.8. The zero-order valence-corrected chi connectivity index (χ0v) is 11.9. The molecule has 2 rings (SSSR count). The maximum absolute atomic E-state index is 11.4. The van der Waals surface area contributed by atoms with Gasteiger partial charge in [-0.25, -0.2) is 0 Å². The molecule has 0 spiro atoms. The fourth-order valence-electron chi connectivity index (χ4n) is 2.15. The second-order valence-electron chi connectivity index (χ2n) is 4.41. The molecule has 17 heavy (non-hydrogen) atoms. The molecule has 1 aromatic rings. The van der Waals surface area contributed by atoms with Crippen LogP contribution < -0.4 is 0 Å². The monoisotopic (exact) mass is 268 g/mol. The molecule has 0 aliphatic heterocycles. The Morgan fingerprint density at radius 3 is 2.24 bits per heavy atom. The van der Waals surface area contributed by atoms with Crippen molar-refractivity contribution < 1.29 is 9.90 Å². The van der Waals surface area contributed by atoms with Crippen molar-refractivity contribution in [3.8, 4) is 0 Å². The van der Waals surface area contributed by atoms with E-state index in [1.54, 1.807) is 23.5 Å². The van der Waals surface area contributed by atoms with Gasteiger partial charge in [-0.15, -0.1) is 23.5 Å². The van der Waals surface area contributed by atoms with Gasteiger partial charge < -0.3 is 5.11 Å². The highest BCUT2D eigenvalue weighted by Crippen LogP contribution is 2.52. The Morgan fingerprint density at radius 1 is 1.24 bits per heavy atom. The first-order valence-electron chi connectivity index (χ1n) is 5.51. The molecular formula is C13H16O2S2. The van der Waals surface area contributed by atoms with Crippen LogP contribution in [0, 0.1) is 6.92 Å². The molecule has 0 atom stereocenters. The summed E-state index contributed by atoms with van der Waals surface area (Å²) in [6.07, 6.45) is 5.58. The highest BCUT2D eigenvalue weighted by atomic mass is 32.2. The lowest BCUT2D eigenvalue weighted by Crippen LogP contribution is -2.20. The normalized spacial score (nSPS) is 16.9. The summed E-state index contributed by atoms with van der Waals surface area (Å²) in [6.45, 7) is 2.08. The lowest BCUT2D eigenvalue weighted by molar-refractivity contribution is -0.140. The fourth-order valence-corrected chi connectivity index (χ4v) is 3.53. The number of aliphatic carboxylic acids is 1. The summed E-state index contributed by atoms with van der Waals surface area (Å²) in [5.74, 6) is -0.677. The van der Waals surface area contributed by atoms with Gasteiger partial charge in [0.1, 0.15) is 0 Å². The summed E-state index contributed by atoms with van der Waals surface area (Å²) >= 11 is 3.32. The molecule has 1 N–H and O–H groups in total. The minimum absolute atomic E-state index is 0.601. The maximum Gasteiger partial charge on any atom is 0.314 e. The number of hydrogen-bond donors (Lipinski definition) is 1. The molecule has 1 aliphatic rings. The smallest absolute Gasteiger partial charge is 0.314 e. The lowest BCUT2D eigenvalue weighted by Gasteiger charge is -2.17. The largest absolute Gasteiger partial charge is 0.481 e. The Morgan fingerprint density at radius 2 is 1.82 bits per heavy atom. The van der Waals surface area contributed by atoms with Gasteiger partial charge in [-0.05, 0) is 55.5 Å². The van der Waals surface area contributed by atoms with Crippen LogP contribution in [-0.4, -0.2) is 23.6 Å². The maximum atomic E-state index is 11.4. The van der Waals surface area contributed by atoms with E-state index in [-0.39, 0.29) is 0 Å².